The molecule has 1 aromatic carbocycles. The number of β-lactam (4-membered cyclic amide) rings is 1. The van der Waals surface area contributed by atoms with Crippen LogP contribution in [0.3, 0.4) is 0 Å². The molecule has 4 rings (SSSR count). The lowest BCUT2D eigenvalue weighted by Crippen LogP contribution is -2.71. The molecule has 0 spiro atoms. The average Bonchev–Trinajstić information content (AvgIpc) is 3.27. The molecule has 0 radical (unpaired) electrons. The van der Waals surface area contributed by atoms with Crippen molar-refractivity contribution < 1.29 is 38.6 Å². The maximum absolute atomic E-state index is 13.2. The Bertz CT molecular complexity index is 1170. The van der Waals surface area contributed by atoms with Crippen LogP contribution in [0.4, 0.5) is 9.59 Å². The molecule has 14 nitrogen and oxygen atoms in total. The zero-order valence-electron chi connectivity index (χ0n) is 19.6. The van der Waals surface area contributed by atoms with Crippen molar-refractivity contribution in [2.24, 2.45) is 0 Å². The van der Waals surface area contributed by atoms with Crippen molar-refractivity contribution in [3.8, 4) is 0 Å². The number of benzene rings is 1. The SMILES string of the molecule is CC(=O)OCC1=C(C(=O)O)N2C(=O)C(NC(=O)C(NC(=O)NN3CCNC3=O)c3ccccc3)C2SC1. The third-order valence-electron chi connectivity index (χ3n) is 5.76. The third kappa shape index (κ3) is 5.45. The summed E-state index contributed by atoms with van der Waals surface area (Å²) in [5.74, 6) is -3.10. The molecule has 2 fully saturated rings. The first-order chi connectivity index (χ1) is 17.7. The predicted molar refractivity (Wildman–Crippen MR) is 127 cm³/mol. The Labute approximate surface area is 214 Å². The Morgan fingerprint density at radius 3 is 2.57 bits per heavy atom. The number of nitrogens with zero attached hydrogens (tertiary/aromatic N) is 2. The van der Waals surface area contributed by atoms with Crippen molar-refractivity contribution >= 4 is 47.6 Å². The van der Waals surface area contributed by atoms with Gasteiger partial charge in [-0.05, 0) is 5.56 Å². The van der Waals surface area contributed by atoms with Gasteiger partial charge in [0.25, 0.3) is 5.91 Å². The third-order valence-corrected chi connectivity index (χ3v) is 7.10. The highest BCUT2D eigenvalue weighted by molar-refractivity contribution is 8.00. The van der Waals surface area contributed by atoms with Crippen LogP contribution in [0.15, 0.2) is 41.6 Å². The number of ether oxygens (including phenoxy) is 1. The highest BCUT2D eigenvalue weighted by atomic mass is 32.2. The van der Waals surface area contributed by atoms with Crippen LogP contribution in [0.5, 0.6) is 0 Å². The second kappa shape index (κ2) is 10.8. The lowest BCUT2D eigenvalue weighted by Gasteiger charge is -2.49. The first-order valence-electron chi connectivity index (χ1n) is 11.2. The molecule has 196 valence electrons. The van der Waals surface area contributed by atoms with Gasteiger partial charge in [0.1, 0.15) is 29.8 Å². The van der Waals surface area contributed by atoms with Crippen molar-refractivity contribution in [1.82, 2.24) is 31.3 Å². The zero-order chi connectivity index (χ0) is 26.7. The molecule has 3 aliphatic rings. The van der Waals surface area contributed by atoms with Gasteiger partial charge in [-0.2, -0.15) is 0 Å². The molecular formula is C22H24N6O8S. The minimum atomic E-state index is -1.35. The molecule has 1 aromatic rings. The number of urea groups is 2. The number of hydrogen-bond acceptors (Lipinski definition) is 8. The molecule has 6 amide bonds. The van der Waals surface area contributed by atoms with E-state index >= 15 is 0 Å². The highest BCUT2D eigenvalue weighted by Crippen LogP contribution is 2.40. The van der Waals surface area contributed by atoms with E-state index in [1.807, 2.05) is 0 Å². The van der Waals surface area contributed by atoms with Gasteiger partial charge in [0.2, 0.25) is 5.91 Å². The number of rotatable bonds is 8. The normalized spacial score (nSPS) is 21.3. The number of carbonyl (C=O) groups excluding carboxylic acids is 5. The fourth-order valence-electron chi connectivity index (χ4n) is 4.03. The molecule has 15 heteroatoms. The molecule has 3 aliphatic heterocycles. The number of hydrazine groups is 1. The van der Waals surface area contributed by atoms with Crippen molar-refractivity contribution in [1.29, 1.82) is 0 Å². The van der Waals surface area contributed by atoms with Crippen LogP contribution in [0, 0.1) is 0 Å². The fraction of sp³-hybridized carbons (Fsp3) is 0.364. The van der Waals surface area contributed by atoms with Gasteiger partial charge in [-0.25, -0.2) is 24.8 Å². The fourth-order valence-corrected chi connectivity index (χ4v) is 5.36. The van der Waals surface area contributed by atoms with Gasteiger partial charge in [0.05, 0.1) is 6.54 Å². The predicted octanol–water partition coefficient (Wildman–Crippen LogP) is -0.731. The van der Waals surface area contributed by atoms with Crippen LogP contribution < -0.4 is 21.4 Å². The van der Waals surface area contributed by atoms with E-state index in [4.69, 9.17) is 4.74 Å². The number of aliphatic carboxylic acids is 1. The summed E-state index contributed by atoms with van der Waals surface area (Å²) in [5, 5.41) is 17.7. The van der Waals surface area contributed by atoms with E-state index in [-0.39, 0.29) is 30.2 Å². The minimum absolute atomic E-state index is 0.177. The van der Waals surface area contributed by atoms with Gasteiger partial charge in [-0.1, -0.05) is 30.3 Å². The Hall–Kier alpha value is -4.27. The first kappa shape index (κ1) is 25.8. The first-order valence-corrected chi connectivity index (χ1v) is 12.2. The summed E-state index contributed by atoms with van der Waals surface area (Å²) in [6, 6.07) is 4.76. The maximum atomic E-state index is 13.2. The molecule has 5 N–H and O–H groups in total. The number of thioether (sulfide) groups is 1. The monoisotopic (exact) mass is 532 g/mol. The zero-order valence-corrected chi connectivity index (χ0v) is 20.4. The number of carboxylic acid groups (broad SMARTS) is 1. The van der Waals surface area contributed by atoms with Crippen molar-refractivity contribution in [2.75, 3.05) is 25.4 Å². The largest absolute Gasteiger partial charge is 0.477 e. The van der Waals surface area contributed by atoms with Crippen LogP contribution in [0.2, 0.25) is 0 Å². The van der Waals surface area contributed by atoms with Gasteiger partial charge in [0.15, 0.2) is 0 Å². The Morgan fingerprint density at radius 1 is 1.22 bits per heavy atom. The van der Waals surface area contributed by atoms with Crippen LogP contribution in [-0.2, 0) is 23.9 Å². The van der Waals surface area contributed by atoms with Gasteiger partial charge in [-0.15, -0.1) is 11.8 Å². The highest BCUT2D eigenvalue weighted by Gasteiger charge is 2.54. The van der Waals surface area contributed by atoms with Crippen molar-refractivity contribution in [3.05, 3.63) is 47.2 Å². The Kier molecular flexibility index (Phi) is 7.52. The summed E-state index contributed by atoms with van der Waals surface area (Å²) >= 11 is 1.22. The second-order valence-corrected chi connectivity index (χ2v) is 9.35. The molecule has 0 bridgehead atoms. The number of esters is 1. The summed E-state index contributed by atoms with van der Waals surface area (Å²) in [6.45, 7) is 1.54. The van der Waals surface area contributed by atoms with E-state index < -0.39 is 53.3 Å². The summed E-state index contributed by atoms with van der Waals surface area (Å²) in [4.78, 5) is 74.5. The van der Waals surface area contributed by atoms with Gasteiger partial charge < -0.3 is 25.8 Å². The van der Waals surface area contributed by atoms with E-state index in [0.717, 1.165) is 9.91 Å². The van der Waals surface area contributed by atoms with E-state index in [1.54, 1.807) is 30.3 Å². The van der Waals surface area contributed by atoms with Crippen molar-refractivity contribution in [2.45, 2.75) is 24.4 Å². The quantitative estimate of drug-likeness (QED) is 0.212. The van der Waals surface area contributed by atoms with Crippen molar-refractivity contribution in [3.63, 3.8) is 0 Å². The molecule has 0 aliphatic carbocycles. The van der Waals surface area contributed by atoms with E-state index in [9.17, 15) is 33.9 Å². The lowest BCUT2D eigenvalue weighted by atomic mass is 10.0. The Morgan fingerprint density at radius 2 is 1.95 bits per heavy atom. The molecule has 0 saturated carbocycles. The van der Waals surface area contributed by atoms with E-state index in [1.165, 1.54) is 18.7 Å². The lowest BCUT2D eigenvalue weighted by molar-refractivity contribution is -0.151. The van der Waals surface area contributed by atoms with Crippen LogP contribution in [-0.4, -0.2) is 87.7 Å². The topological polar surface area (TPSA) is 186 Å². The average molecular weight is 533 g/mol. The molecule has 2 saturated heterocycles. The van der Waals surface area contributed by atoms with Crippen LogP contribution >= 0.6 is 11.8 Å². The van der Waals surface area contributed by atoms with E-state index in [2.05, 4.69) is 21.4 Å². The minimum Gasteiger partial charge on any atom is -0.477 e. The summed E-state index contributed by atoms with van der Waals surface area (Å²) in [7, 11) is 0. The number of carbonyl (C=O) groups is 6. The number of nitrogens with one attached hydrogen (secondary N) is 4. The summed E-state index contributed by atoms with van der Waals surface area (Å²) < 4.78 is 4.91. The summed E-state index contributed by atoms with van der Waals surface area (Å²) in [6.07, 6.45) is 0. The number of carboxylic acids is 1. The van der Waals surface area contributed by atoms with Gasteiger partial charge in [-0.3, -0.25) is 19.3 Å². The maximum Gasteiger partial charge on any atom is 0.352 e. The van der Waals surface area contributed by atoms with E-state index in [0.29, 0.717) is 12.1 Å². The summed E-state index contributed by atoms with van der Waals surface area (Å²) in [5.41, 5.74) is 2.79. The second-order valence-electron chi connectivity index (χ2n) is 8.25. The van der Waals surface area contributed by atoms with Crippen LogP contribution in [0.1, 0.15) is 18.5 Å². The smallest absolute Gasteiger partial charge is 0.352 e. The molecule has 3 heterocycles. The number of fused-ring (bicyclic) bond motifs is 1. The van der Waals surface area contributed by atoms with Crippen LogP contribution in [0.25, 0.3) is 0 Å². The standard InChI is InChI=1S/C22H24N6O8S/c1-11(29)36-9-13-10-37-19-15(18(31)28(19)16(13)20(32)33)24-17(30)14(12-5-3-2-4-6-12)25-21(34)26-27-8-7-23-22(27)35/h2-6,14-15,19H,7-10H2,1H3,(H,23,35)(H,24,30)(H,32,33)(H2,25,26,34). The molecule has 3 unspecified atom stereocenters. The number of amides is 6. The van der Waals surface area contributed by atoms with Gasteiger partial charge in [0, 0.05) is 24.8 Å². The molecule has 3 atom stereocenters. The molecular weight excluding hydrogens is 508 g/mol. The molecule has 0 aromatic heterocycles. The van der Waals surface area contributed by atoms with Gasteiger partial charge >= 0.3 is 24.0 Å². The number of hydrogen-bond donors (Lipinski definition) is 5. The molecule has 37 heavy (non-hydrogen) atoms. The Balaban J connectivity index is 1.47.